The normalized spacial score (nSPS) is 10.9. The van der Waals surface area contributed by atoms with Crippen molar-refractivity contribution in [3.8, 4) is 11.1 Å². The Hall–Kier alpha value is -2.47. The Morgan fingerprint density at radius 3 is 2.75 bits per heavy atom. The summed E-state index contributed by atoms with van der Waals surface area (Å²) < 4.78 is 6.38. The lowest BCUT2D eigenvalue weighted by Crippen LogP contribution is -2.22. The zero-order valence-electron chi connectivity index (χ0n) is 13.6. The predicted octanol–water partition coefficient (Wildman–Crippen LogP) is 3.39. The molecule has 0 aliphatic heterocycles. The second kappa shape index (κ2) is 6.97. The molecule has 0 amide bonds. The molecule has 0 radical (unpaired) electrons. The molecule has 0 N–H and O–H groups in total. The summed E-state index contributed by atoms with van der Waals surface area (Å²) in [5, 5.41) is 2.56. The third-order valence-electron chi connectivity index (χ3n) is 3.79. The van der Waals surface area contributed by atoms with Crippen molar-refractivity contribution in [3.63, 3.8) is 0 Å². The Bertz CT molecular complexity index is 926. The fourth-order valence-electron chi connectivity index (χ4n) is 2.52. The topological polar surface area (TPSA) is 61.2 Å². The number of benzene rings is 1. The van der Waals surface area contributed by atoms with Gasteiger partial charge in [0.2, 0.25) is 0 Å². The number of rotatable bonds is 5. The van der Waals surface area contributed by atoms with Crippen LogP contribution >= 0.6 is 11.3 Å². The maximum atomic E-state index is 12.8. The minimum Gasteiger partial charge on any atom is -0.466 e. The third kappa shape index (κ3) is 3.23. The number of aromatic nitrogens is 2. The van der Waals surface area contributed by atoms with Crippen molar-refractivity contribution < 1.29 is 9.53 Å². The van der Waals surface area contributed by atoms with Crippen molar-refractivity contribution in [2.24, 2.45) is 0 Å². The molecule has 0 aliphatic rings. The van der Waals surface area contributed by atoms with Gasteiger partial charge in [-0.05, 0) is 19.4 Å². The summed E-state index contributed by atoms with van der Waals surface area (Å²) in [5.74, 6) is -0.312. The van der Waals surface area contributed by atoms with Gasteiger partial charge in [0.25, 0.3) is 5.56 Å². The van der Waals surface area contributed by atoms with Crippen LogP contribution in [-0.4, -0.2) is 22.1 Å². The molecule has 6 heteroatoms. The predicted molar refractivity (Wildman–Crippen MR) is 95.3 cm³/mol. The van der Waals surface area contributed by atoms with Crippen LogP contribution in [0.3, 0.4) is 0 Å². The smallest absolute Gasteiger partial charge is 0.307 e. The number of hydrogen-bond acceptors (Lipinski definition) is 5. The summed E-state index contributed by atoms with van der Waals surface area (Å²) in [7, 11) is 0. The molecule has 2 aromatic heterocycles. The van der Waals surface area contributed by atoms with Crippen LogP contribution in [0.15, 0.2) is 40.8 Å². The molecule has 0 aliphatic carbocycles. The van der Waals surface area contributed by atoms with Gasteiger partial charge in [0, 0.05) is 17.5 Å². The van der Waals surface area contributed by atoms with E-state index < -0.39 is 0 Å². The van der Waals surface area contributed by atoms with Gasteiger partial charge >= 0.3 is 5.97 Å². The molecule has 5 nitrogen and oxygen atoms in total. The Morgan fingerprint density at radius 2 is 2.04 bits per heavy atom. The number of aryl methyl sites for hydroxylation is 2. The number of fused-ring (bicyclic) bond motifs is 1. The Morgan fingerprint density at radius 1 is 1.29 bits per heavy atom. The van der Waals surface area contributed by atoms with Crippen LogP contribution in [0.2, 0.25) is 0 Å². The van der Waals surface area contributed by atoms with E-state index in [9.17, 15) is 9.59 Å². The van der Waals surface area contributed by atoms with Crippen molar-refractivity contribution in [2.75, 3.05) is 6.61 Å². The van der Waals surface area contributed by atoms with Gasteiger partial charge in [-0.1, -0.05) is 29.8 Å². The summed E-state index contributed by atoms with van der Waals surface area (Å²) in [6.07, 6.45) is 1.66. The maximum Gasteiger partial charge on any atom is 0.307 e. The van der Waals surface area contributed by atoms with Crippen molar-refractivity contribution in [3.05, 3.63) is 51.9 Å². The lowest BCUT2D eigenvalue weighted by atomic mass is 10.1. The van der Waals surface area contributed by atoms with Gasteiger partial charge in [-0.15, -0.1) is 11.3 Å². The molecule has 0 unspecified atom stereocenters. The van der Waals surface area contributed by atoms with Gasteiger partial charge in [0.1, 0.15) is 4.83 Å². The van der Waals surface area contributed by atoms with E-state index in [0.717, 1.165) is 11.1 Å². The molecular weight excluding hydrogens is 324 g/mol. The number of carbonyl (C=O) groups excluding carboxylic acids is 1. The SMILES string of the molecule is CCOC(=O)CCn1cnc2scc(-c3ccc(C)cc3)c2c1=O. The number of nitrogens with zero attached hydrogens (tertiary/aromatic N) is 2. The first-order chi connectivity index (χ1) is 11.6. The van der Waals surface area contributed by atoms with E-state index >= 15 is 0 Å². The van der Waals surface area contributed by atoms with Gasteiger partial charge in [0.05, 0.1) is 24.7 Å². The van der Waals surface area contributed by atoms with Gasteiger partial charge < -0.3 is 4.74 Å². The molecule has 0 spiro atoms. The highest BCUT2D eigenvalue weighted by Crippen LogP contribution is 2.30. The molecule has 124 valence electrons. The van der Waals surface area contributed by atoms with Crippen molar-refractivity contribution >= 4 is 27.5 Å². The van der Waals surface area contributed by atoms with E-state index in [1.165, 1.54) is 27.8 Å². The summed E-state index contributed by atoms with van der Waals surface area (Å²) >= 11 is 1.45. The minimum atomic E-state index is -0.312. The summed E-state index contributed by atoms with van der Waals surface area (Å²) in [5.41, 5.74) is 2.93. The second-order valence-corrected chi connectivity index (χ2v) is 6.35. The lowest BCUT2D eigenvalue weighted by molar-refractivity contribution is -0.143. The van der Waals surface area contributed by atoms with Crippen LogP contribution in [-0.2, 0) is 16.1 Å². The number of carbonyl (C=O) groups is 1. The van der Waals surface area contributed by atoms with E-state index in [1.54, 1.807) is 6.92 Å². The highest BCUT2D eigenvalue weighted by atomic mass is 32.1. The summed E-state index contributed by atoms with van der Waals surface area (Å²) in [6, 6.07) is 8.06. The van der Waals surface area contributed by atoms with E-state index in [1.807, 2.05) is 36.6 Å². The minimum absolute atomic E-state index is 0.124. The van der Waals surface area contributed by atoms with Gasteiger partial charge in [-0.25, -0.2) is 4.98 Å². The fraction of sp³-hybridized carbons (Fsp3) is 0.278. The molecule has 0 fully saturated rings. The Balaban J connectivity index is 1.98. The molecule has 3 rings (SSSR count). The number of thiophene rings is 1. The molecule has 1 aromatic carbocycles. The van der Waals surface area contributed by atoms with E-state index in [4.69, 9.17) is 4.74 Å². The number of esters is 1. The fourth-order valence-corrected chi connectivity index (χ4v) is 3.42. The standard InChI is InChI=1S/C18H18N2O3S/c1-3-23-15(21)8-9-20-11-19-17-16(18(20)22)14(10-24-17)13-6-4-12(2)5-7-13/h4-7,10-11H,3,8-9H2,1-2H3. The summed E-state index contributed by atoms with van der Waals surface area (Å²) in [4.78, 5) is 29.4. The first-order valence-corrected chi connectivity index (χ1v) is 8.67. The van der Waals surface area contributed by atoms with E-state index in [2.05, 4.69) is 4.98 Å². The van der Waals surface area contributed by atoms with Crippen LogP contribution in [0.25, 0.3) is 21.3 Å². The number of hydrogen-bond donors (Lipinski definition) is 0. The van der Waals surface area contributed by atoms with Crippen LogP contribution in [0.4, 0.5) is 0 Å². The first kappa shape index (κ1) is 16.4. The Kier molecular flexibility index (Phi) is 4.76. The van der Waals surface area contributed by atoms with Crippen LogP contribution in [0.1, 0.15) is 18.9 Å². The largest absolute Gasteiger partial charge is 0.466 e. The van der Waals surface area contributed by atoms with Gasteiger partial charge in [-0.3, -0.25) is 14.2 Å². The van der Waals surface area contributed by atoms with Gasteiger partial charge in [-0.2, -0.15) is 0 Å². The van der Waals surface area contributed by atoms with E-state index in [0.29, 0.717) is 16.8 Å². The van der Waals surface area contributed by atoms with E-state index in [-0.39, 0.29) is 24.5 Å². The third-order valence-corrected chi connectivity index (χ3v) is 4.67. The molecule has 0 saturated carbocycles. The molecule has 3 aromatic rings. The second-order valence-electron chi connectivity index (χ2n) is 5.49. The molecule has 2 heterocycles. The quantitative estimate of drug-likeness (QED) is 0.667. The van der Waals surface area contributed by atoms with Crippen molar-refractivity contribution in [1.29, 1.82) is 0 Å². The highest BCUT2D eigenvalue weighted by Gasteiger charge is 2.14. The lowest BCUT2D eigenvalue weighted by Gasteiger charge is -2.06. The molecule has 0 atom stereocenters. The van der Waals surface area contributed by atoms with Crippen molar-refractivity contribution in [1.82, 2.24) is 9.55 Å². The van der Waals surface area contributed by atoms with Gasteiger partial charge in [0.15, 0.2) is 0 Å². The maximum absolute atomic E-state index is 12.8. The molecule has 0 bridgehead atoms. The Labute approximate surface area is 143 Å². The molecule has 24 heavy (non-hydrogen) atoms. The number of ether oxygens (including phenoxy) is 1. The average Bonchev–Trinajstić information content (AvgIpc) is 3.00. The monoisotopic (exact) mass is 342 g/mol. The highest BCUT2D eigenvalue weighted by molar-refractivity contribution is 7.17. The van der Waals surface area contributed by atoms with Crippen LogP contribution < -0.4 is 5.56 Å². The summed E-state index contributed by atoms with van der Waals surface area (Å²) in [6.45, 7) is 4.40. The van der Waals surface area contributed by atoms with Crippen molar-refractivity contribution in [2.45, 2.75) is 26.8 Å². The van der Waals surface area contributed by atoms with Crippen LogP contribution in [0, 0.1) is 6.92 Å². The molecule has 0 saturated heterocycles. The molecular formula is C18H18N2O3S. The average molecular weight is 342 g/mol. The zero-order valence-corrected chi connectivity index (χ0v) is 14.4. The first-order valence-electron chi connectivity index (χ1n) is 7.79. The van der Waals surface area contributed by atoms with Crippen LogP contribution in [0.5, 0.6) is 0 Å². The zero-order chi connectivity index (χ0) is 17.1.